The molecule has 1 unspecified atom stereocenters. The number of hydrogen-bond donors (Lipinski definition) is 1. The smallest absolute Gasteiger partial charge is 0.114 e. The fourth-order valence-corrected chi connectivity index (χ4v) is 5.62. The van der Waals surface area contributed by atoms with Crippen molar-refractivity contribution in [2.24, 2.45) is 0 Å². The van der Waals surface area contributed by atoms with Crippen molar-refractivity contribution in [3.8, 4) is 0 Å². The lowest BCUT2D eigenvalue weighted by atomic mass is 9.96. The zero-order chi connectivity index (χ0) is 13.1. The Kier molecular flexibility index (Phi) is 4.47. The molecule has 3 nitrogen and oxygen atoms in total. The first-order valence-corrected chi connectivity index (χ1v) is 9.12. The quantitative estimate of drug-likeness (QED) is 0.847. The molecule has 1 aliphatic heterocycles. The maximum Gasteiger partial charge on any atom is 0.114 e. The van der Waals surface area contributed by atoms with Gasteiger partial charge in [0.15, 0.2) is 0 Å². The van der Waals surface area contributed by atoms with E-state index in [1.807, 2.05) is 11.3 Å². The fourth-order valence-electron chi connectivity index (χ4n) is 2.97. The van der Waals surface area contributed by atoms with Crippen LogP contribution in [0.2, 0.25) is 0 Å². The summed E-state index contributed by atoms with van der Waals surface area (Å²) >= 11 is 4.02. The SMILES string of the molecule is COCCNC1(c2nc3c(s2)CCC3)CCCSC1. The predicted octanol–water partition coefficient (Wildman–Crippen LogP) is 2.59. The topological polar surface area (TPSA) is 34.1 Å². The monoisotopic (exact) mass is 298 g/mol. The van der Waals surface area contributed by atoms with E-state index in [-0.39, 0.29) is 5.54 Å². The van der Waals surface area contributed by atoms with E-state index in [4.69, 9.17) is 9.72 Å². The number of ether oxygens (including phenoxy) is 1. The van der Waals surface area contributed by atoms with Crippen molar-refractivity contribution in [2.45, 2.75) is 37.6 Å². The second-order valence-electron chi connectivity index (χ2n) is 5.40. The summed E-state index contributed by atoms with van der Waals surface area (Å²) in [6.07, 6.45) is 6.24. The molecule has 0 amide bonds. The van der Waals surface area contributed by atoms with Gasteiger partial charge in [-0.05, 0) is 37.9 Å². The van der Waals surface area contributed by atoms with Gasteiger partial charge < -0.3 is 10.1 Å². The van der Waals surface area contributed by atoms with E-state index < -0.39 is 0 Å². The number of rotatable bonds is 5. The van der Waals surface area contributed by atoms with Crippen molar-refractivity contribution in [2.75, 3.05) is 31.8 Å². The van der Waals surface area contributed by atoms with Gasteiger partial charge in [-0.25, -0.2) is 4.98 Å². The van der Waals surface area contributed by atoms with Gasteiger partial charge in [-0.2, -0.15) is 11.8 Å². The highest BCUT2D eigenvalue weighted by Gasteiger charge is 2.37. The molecule has 106 valence electrons. The molecule has 0 spiro atoms. The van der Waals surface area contributed by atoms with Crippen LogP contribution in [0.1, 0.15) is 34.8 Å². The highest BCUT2D eigenvalue weighted by molar-refractivity contribution is 7.99. The van der Waals surface area contributed by atoms with E-state index in [0.29, 0.717) is 0 Å². The van der Waals surface area contributed by atoms with Gasteiger partial charge in [0.05, 0.1) is 17.8 Å². The summed E-state index contributed by atoms with van der Waals surface area (Å²) in [5, 5.41) is 5.08. The van der Waals surface area contributed by atoms with Crippen LogP contribution in [-0.2, 0) is 23.1 Å². The van der Waals surface area contributed by atoms with Crippen molar-refractivity contribution < 1.29 is 4.74 Å². The molecular formula is C14H22N2OS2. The van der Waals surface area contributed by atoms with Crippen molar-refractivity contribution in [3.05, 3.63) is 15.6 Å². The molecule has 1 aromatic heterocycles. The van der Waals surface area contributed by atoms with Gasteiger partial charge in [-0.3, -0.25) is 0 Å². The third kappa shape index (κ3) is 2.84. The molecule has 0 bridgehead atoms. The van der Waals surface area contributed by atoms with Crippen molar-refractivity contribution >= 4 is 23.1 Å². The van der Waals surface area contributed by atoms with Crippen LogP contribution in [-0.4, -0.2) is 36.8 Å². The Hall–Kier alpha value is -0.100. The minimum absolute atomic E-state index is 0.108. The standard InChI is InChI=1S/C14H22N2OS2/c1-17-8-7-15-14(6-3-9-18-10-14)13-16-11-4-2-5-12(11)19-13/h15H,2-10H2,1H3. The first-order valence-electron chi connectivity index (χ1n) is 7.15. The third-order valence-electron chi connectivity index (χ3n) is 4.02. The van der Waals surface area contributed by atoms with E-state index in [0.717, 1.165) is 18.9 Å². The minimum Gasteiger partial charge on any atom is -0.383 e. The molecule has 0 aromatic carbocycles. The Bertz CT molecular complexity index is 406. The lowest BCUT2D eigenvalue weighted by Crippen LogP contribution is -2.47. The number of methoxy groups -OCH3 is 1. The molecule has 1 N–H and O–H groups in total. The van der Waals surface area contributed by atoms with Crippen LogP contribution >= 0.6 is 23.1 Å². The van der Waals surface area contributed by atoms with Gasteiger partial charge in [-0.1, -0.05) is 0 Å². The Labute approximate surface area is 123 Å². The Morgan fingerprint density at radius 3 is 3.05 bits per heavy atom. The molecular weight excluding hydrogens is 276 g/mol. The summed E-state index contributed by atoms with van der Waals surface area (Å²) in [5.74, 6) is 2.45. The summed E-state index contributed by atoms with van der Waals surface area (Å²) in [6.45, 7) is 1.69. The first kappa shape index (κ1) is 13.9. The van der Waals surface area contributed by atoms with Crippen LogP contribution in [0.3, 0.4) is 0 Å². The Morgan fingerprint density at radius 2 is 2.32 bits per heavy atom. The molecule has 0 radical (unpaired) electrons. The second-order valence-corrected chi connectivity index (χ2v) is 7.59. The molecule has 1 aliphatic carbocycles. The lowest BCUT2D eigenvalue weighted by molar-refractivity contribution is 0.184. The number of thioether (sulfide) groups is 1. The van der Waals surface area contributed by atoms with Crippen molar-refractivity contribution in [1.82, 2.24) is 10.3 Å². The predicted molar refractivity (Wildman–Crippen MR) is 82.3 cm³/mol. The maximum absolute atomic E-state index is 5.19. The molecule has 0 saturated carbocycles. The average Bonchev–Trinajstić information content (AvgIpc) is 3.01. The highest BCUT2D eigenvalue weighted by atomic mass is 32.2. The number of aryl methyl sites for hydroxylation is 2. The van der Waals surface area contributed by atoms with Crippen LogP contribution in [0.15, 0.2) is 0 Å². The highest BCUT2D eigenvalue weighted by Crippen LogP contribution is 2.40. The zero-order valence-corrected chi connectivity index (χ0v) is 13.2. The number of nitrogens with zero attached hydrogens (tertiary/aromatic N) is 1. The molecule has 2 heterocycles. The number of nitrogens with one attached hydrogen (secondary N) is 1. The molecule has 1 aromatic rings. The molecule has 5 heteroatoms. The normalized spacial score (nSPS) is 26.6. The summed E-state index contributed by atoms with van der Waals surface area (Å²) in [6, 6.07) is 0. The molecule has 1 saturated heterocycles. The summed E-state index contributed by atoms with van der Waals surface area (Å²) < 4.78 is 5.19. The third-order valence-corrected chi connectivity index (χ3v) is 6.65. The van der Waals surface area contributed by atoms with Crippen molar-refractivity contribution in [1.29, 1.82) is 0 Å². The molecule has 1 fully saturated rings. The Balaban J connectivity index is 1.80. The molecule has 19 heavy (non-hydrogen) atoms. The Morgan fingerprint density at radius 1 is 1.37 bits per heavy atom. The summed E-state index contributed by atoms with van der Waals surface area (Å²) in [5.41, 5.74) is 1.49. The van der Waals surface area contributed by atoms with Gasteiger partial charge in [0.1, 0.15) is 5.01 Å². The molecule has 1 atom stereocenters. The largest absolute Gasteiger partial charge is 0.383 e. The maximum atomic E-state index is 5.19. The van der Waals surface area contributed by atoms with Crippen LogP contribution < -0.4 is 5.32 Å². The van der Waals surface area contributed by atoms with E-state index in [1.54, 1.807) is 12.0 Å². The van der Waals surface area contributed by atoms with E-state index in [2.05, 4.69) is 17.1 Å². The van der Waals surface area contributed by atoms with Gasteiger partial charge in [-0.15, -0.1) is 11.3 Å². The summed E-state index contributed by atoms with van der Waals surface area (Å²) in [7, 11) is 1.77. The van der Waals surface area contributed by atoms with E-state index in [1.165, 1.54) is 48.6 Å². The summed E-state index contributed by atoms with van der Waals surface area (Å²) in [4.78, 5) is 6.51. The fraction of sp³-hybridized carbons (Fsp3) is 0.786. The number of hydrogen-bond acceptors (Lipinski definition) is 5. The van der Waals surface area contributed by atoms with Crippen LogP contribution in [0.5, 0.6) is 0 Å². The minimum atomic E-state index is 0.108. The number of thiazole rings is 1. The van der Waals surface area contributed by atoms with E-state index in [9.17, 15) is 0 Å². The number of fused-ring (bicyclic) bond motifs is 1. The average molecular weight is 298 g/mol. The second kappa shape index (κ2) is 6.12. The van der Waals surface area contributed by atoms with Crippen molar-refractivity contribution in [3.63, 3.8) is 0 Å². The van der Waals surface area contributed by atoms with Gasteiger partial charge in [0.25, 0.3) is 0 Å². The number of aromatic nitrogens is 1. The first-order chi connectivity index (χ1) is 9.34. The zero-order valence-electron chi connectivity index (χ0n) is 11.5. The van der Waals surface area contributed by atoms with Crippen LogP contribution in [0.25, 0.3) is 0 Å². The molecule has 3 rings (SSSR count). The van der Waals surface area contributed by atoms with Crippen LogP contribution in [0, 0.1) is 0 Å². The van der Waals surface area contributed by atoms with Crippen LogP contribution in [0.4, 0.5) is 0 Å². The van der Waals surface area contributed by atoms with E-state index >= 15 is 0 Å². The lowest BCUT2D eigenvalue weighted by Gasteiger charge is -2.36. The van der Waals surface area contributed by atoms with Gasteiger partial charge in [0.2, 0.25) is 0 Å². The molecule has 2 aliphatic rings. The van der Waals surface area contributed by atoms with Gasteiger partial charge in [0, 0.05) is 24.3 Å². The van der Waals surface area contributed by atoms with Gasteiger partial charge >= 0.3 is 0 Å².